The molecule has 0 aliphatic carbocycles. The molecule has 0 saturated carbocycles. The van der Waals surface area contributed by atoms with Gasteiger partial charge < -0.3 is 23.6 Å². The van der Waals surface area contributed by atoms with Crippen LogP contribution in [-0.4, -0.2) is 82.9 Å². The van der Waals surface area contributed by atoms with Gasteiger partial charge in [-0.05, 0) is 6.42 Å². The van der Waals surface area contributed by atoms with Crippen LogP contribution >= 0.6 is 7.82 Å². The zero-order valence-electron chi connectivity index (χ0n) is 20.9. The molecule has 0 amide bonds. The van der Waals surface area contributed by atoms with Gasteiger partial charge in [-0.3, -0.25) is 9.05 Å². The van der Waals surface area contributed by atoms with Gasteiger partial charge in [0.2, 0.25) is 0 Å². The summed E-state index contributed by atoms with van der Waals surface area (Å²) in [5.74, 6) is 0. The Hall–Kier alpha value is -0.700. The Labute approximate surface area is 194 Å². The van der Waals surface area contributed by atoms with E-state index in [1.807, 2.05) is 21.1 Å². The van der Waals surface area contributed by atoms with E-state index in [-0.39, 0.29) is 19.8 Å². The molecular formula is C22H47NO8P+. The third kappa shape index (κ3) is 21.2. The van der Waals surface area contributed by atoms with Crippen molar-refractivity contribution in [2.24, 2.45) is 0 Å². The molecule has 192 valence electrons. The summed E-state index contributed by atoms with van der Waals surface area (Å²) in [5.41, 5.74) is 0. The number of unbranched alkanes of at least 4 members (excludes halogenated alkanes) is 9. The number of methoxy groups -OCH3 is 1. The van der Waals surface area contributed by atoms with E-state index in [4.69, 9.17) is 18.5 Å². The first-order chi connectivity index (χ1) is 15.1. The Bertz CT molecular complexity index is 513. The molecule has 0 fully saturated rings. The minimum Gasteiger partial charge on any atom is -0.438 e. The first kappa shape index (κ1) is 31.3. The Morgan fingerprint density at radius 3 is 1.97 bits per heavy atom. The van der Waals surface area contributed by atoms with Gasteiger partial charge in [-0.15, -0.1) is 0 Å². The van der Waals surface area contributed by atoms with Crippen LogP contribution in [0, 0.1) is 0 Å². The number of nitrogens with zero attached hydrogens (tertiary/aromatic N) is 1. The number of carbonyl (C=O) groups is 1. The van der Waals surface area contributed by atoms with Crippen molar-refractivity contribution in [1.82, 2.24) is 0 Å². The predicted molar refractivity (Wildman–Crippen MR) is 125 cm³/mol. The molecule has 9 nitrogen and oxygen atoms in total. The van der Waals surface area contributed by atoms with Gasteiger partial charge in [0.05, 0.1) is 41.5 Å². The molecule has 0 aromatic rings. The number of hydrogen-bond acceptors (Lipinski definition) is 7. The van der Waals surface area contributed by atoms with Gasteiger partial charge in [-0.1, -0.05) is 64.7 Å². The maximum atomic E-state index is 12.0. The van der Waals surface area contributed by atoms with Crippen molar-refractivity contribution in [3.8, 4) is 0 Å². The van der Waals surface area contributed by atoms with E-state index in [2.05, 4.69) is 11.7 Å². The van der Waals surface area contributed by atoms with Crippen molar-refractivity contribution in [1.29, 1.82) is 0 Å². The van der Waals surface area contributed by atoms with Crippen molar-refractivity contribution in [3.05, 3.63) is 0 Å². The van der Waals surface area contributed by atoms with Crippen molar-refractivity contribution in [2.45, 2.75) is 77.2 Å². The molecule has 2 unspecified atom stereocenters. The molecule has 1 N–H and O–H groups in total. The van der Waals surface area contributed by atoms with E-state index < -0.39 is 20.1 Å². The maximum Gasteiger partial charge on any atom is 0.508 e. The van der Waals surface area contributed by atoms with Crippen LogP contribution in [0.15, 0.2) is 0 Å². The number of likely N-dealkylation sites (N-methyl/N-ethyl adjacent to an activating group) is 1. The minimum absolute atomic E-state index is 0.0470. The predicted octanol–water partition coefficient (Wildman–Crippen LogP) is 4.92. The van der Waals surface area contributed by atoms with Crippen LogP contribution in [0.5, 0.6) is 0 Å². The SMILES string of the molecule is CCCCCCCCCCCCOCC(COP(=O)(O)OCC[N+](C)(C)C)OC(=O)OC. The molecule has 0 aromatic heterocycles. The lowest BCUT2D eigenvalue weighted by molar-refractivity contribution is -0.870. The van der Waals surface area contributed by atoms with Crippen LogP contribution in [0.25, 0.3) is 0 Å². The van der Waals surface area contributed by atoms with E-state index in [0.29, 0.717) is 17.6 Å². The van der Waals surface area contributed by atoms with E-state index in [0.717, 1.165) is 12.8 Å². The summed E-state index contributed by atoms with van der Waals surface area (Å²) in [7, 11) is 2.77. The fraction of sp³-hybridized carbons (Fsp3) is 0.955. The van der Waals surface area contributed by atoms with Crippen LogP contribution in [0.2, 0.25) is 0 Å². The molecule has 10 heteroatoms. The number of phosphoric acid groups is 1. The monoisotopic (exact) mass is 484 g/mol. The summed E-state index contributed by atoms with van der Waals surface area (Å²) in [5, 5.41) is 0. The van der Waals surface area contributed by atoms with E-state index in [9.17, 15) is 14.3 Å². The fourth-order valence-corrected chi connectivity index (χ4v) is 3.59. The second-order valence-corrected chi connectivity index (χ2v) is 10.5. The molecule has 0 bridgehead atoms. The van der Waals surface area contributed by atoms with Gasteiger partial charge in [0.25, 0.3) is 0 Å². The second kappa shape index (κ2) is 18.7. The van der Waals surface area contributed by atoms with Gasteiger partial charge in [0, 0.05) is 6.61 Å². The number of carbonyl (C=O) groups excluding carboxylic acids is 1. The molecule has 0 aliphatic rings. The molecule has 0 aromatic carbocycles. The number of rotatable bonds is 21. The lowest BCUT2D eigenvalue weighted by atomic mass is 10.1. The third-order valence-electron chi connectivity index (χ3n) is 4.82. The molecule has 0 saturated heterocycles. The van der Waals surface area contributed by atoms with Crippen LogP contribution in [-0.2, 0) is 27.8 Å². The first-order valence-corrected chi connectivity index (χ1v) is 13.3. The zero-order valence-corrected chi connectivity index (χ0v) is 21.8. The molecule has 32 heavy (non-hydrogen) atoms. The Morgan fingerprint density at radius 1 is 0.875 bits per heavy atom. The summed E-state index contributed by atoms with van der Waals surface area (Å²) < 4.78 is 37.7. The van der Waals surface area contributed by atoms with Crippen molar-refractivity contribution in [2.75, 3.05) is 61.2 Å². The summed E-state index contributed by atoms with van der Waals surface area (Å²) in [6.07, 6.45) is 10.5. The molecule has 0 spiro atoms. The number of hydrogen-bond donors (Lipinski definition) is 1. The highest BCUT2D eigenvalue weighted by Gasteiger charge is 2.26. The van der Waals surface area contributed by atoms with Crippen molar-refractivity contribution < 1.29 is 42.0 Å². The van der Waals surface area contributed by atoms with E-state index in [1.54, 1.807) is 0 Å². The summed E-state index contributed by atoms with van der Waals surface area (Å²) >= 11 is 0. The zero-order chi connectivity index (χ0) is 24.3. The number of quaternary nitrogens is 1. The number of phosphoric ester groups is 1. The average Bonchev–Trinajstić information content (AvgIpc) is 2.71. The van der Waals surface area contributed by atoms with Crippen LogP contribution in [0.1, 0.15) is 71.1 Å². The Morgan fingerprint density at radius 2 is 1.44 bits per heavy atom. The second-order valence-electron chi connectivity index (χ2n) is 9.06. The van der Waals surface area contributed by atoms with Gasteiger partial charge in [0.15, 0.2) is 6.10 Å². The van der Waals surface area contributed by atoms with Gasteiger partial charge in [-0.25, -0.2) is 9.36 Å². The van der Waals surface area contributed by atoms with Crippen LogP contribution < -0.4 is 0 Å². The minimum atomic E-state index is -4.25. The molecule has 0 heterocycles. The summed E-state index contributed by atoms with van der Waals surface area (Å²) in [4.78, 5) is 21.2. The highest BCUT2D eigenvalue weighted by atomic mass is 31.2. The van der Waals surface area contributed by atoms with Crippen molar-refractivity contribution in [3.63, 3.8) is 0 Å². The van der Waals surface area contributed by atoms with Crippen LogP contribution in [0.3, 0.4) is 0 Å². The molecule has 0 aliphatic heterocycles. The quantitative estimate of drug-likeness (QED) is 0.106. The third-order valence-corrected chi connectivity index (χ3v) is 5.80. The van der Waals surface area contributed by atoms with Crippen LogP contribution in [0.4, 0.5) is 4.79 Å². The topological polar surface area (TPSA) is 101 Å². The molecule has 2 atom stereocenters. The van der Waals surface area contributed by atoms with Gasteiger partial charge >= 0.3 is 14.0 Å². The molecule has 0 radical (unpaired) electrons. The lowest BCUT2D eigenvalue weighted by Gasteiger charge is -2.24. The number of ether oxygens (including phenoxy) is 3. The smallest absolute Gasteiger partial charge is 0.438 e. The van der Waals surface area contributed by atoms with Gasteiger partial charge in [-0.2, -0.15) is 0 Å². The molecule has 0 rings (SSSR count). The van der Waals surface area contributed by atoms with E-state index >= 15 is 0 Å². The standard InChI is InChI=1S/C22H46NO8P/c1-6-7-8-9-10-11-12-13-14-15-17-28-19-21(31-22(24)27-5)20-30-32(25,26)29-18-16-23(2,3)4/h21H,6-20H2,1-5H3/p+1. The normalized spacial score (nSPS) is 14.7. The largest absolute Gasteiger partial charge is 0.508 e. The van der Waals surface area contributed by atoms with Crippen molar-refractivity contribution >= 4 is 14.0 Å². The summed E-state index contributed by atoms with van der Waals surface area (Å²) in [6.45, 7) is 3.07. The maximum absolute atomic E-state index is 12.0. The molecular weight excluding hydrogens is 437 g/mol. The highest BCUT2D eigenvalue weighted by Crippen LogP contribution is 2.43. The lowest BCUT2D eigenvalue weighted by Crippen LogP contribution is -2.37. The first-order valence-electron chi connectivity index (χ1n) is 11.8. The van der Waals surface area contributed by atoms with E-state index in [1.165, 1.54) is 58.5 Å². The fourth-order valence-electron chi connectivity index (χ4n) is 2.85. The average molecular weight is 485 g/mol. The van der Waals surface area contributed by atoms with Gasteiger partial charge in [0.1, 0.15) is 13.2 Å². The Kier molecular flexibility index (Phi) is 18.3. The summed E-state index contributed by atoms with van der Waals surface area (Å²) in [6, 6.07) is 0. The Balaban J connectivity index is 4.04. The highest BCUT2D eigenvalue weighted by molar-refractivity contribution is 7.47.